The molecule has 0 bridgehead atoms. The van der Waals surface area contributed by atoms with Crippen molar-refractivity contribution in [2.45, 2.75) is 148 Å². The van der Waals surface area contributed by atoms with Crippen molar-refractivity contribution in [1.29, 1.82) is 0 Å². The summed E-state index contributed by atoms with van der Waals surface area (Å²) in [5.74, 6) is -0.744. The molecule has 0 fully saturated rings. The summed E-state index contributed by atoms with van der Waals surface area (Å²) in [6.07, 6.45) is 28.4. The van der Waals surface area contributed by atoms with Crippen molar-refractivity contribution in [2.75, 3.05) is 54.6 Å². The Bertz CT molecular complexity index is 871. The van der Waals surface area contributed by atoms with Crippen molar-refractivity contribution in [3.8, 4) is 0 Å². The lowest BCUT2D eigenvalue weighted by Crippen LogP contribution is -2.37. The Balaban J connectivity index is 4.62. The standard InChI is InChI=1S/C37H71NO8P/c1-7-9-11-13-15-17-19-21-23-25-27-29-36(39)43-33-35(34-45-47(41,42-6)44-32-31-38(3,4)5)46-37(40)30-28-26-24-22-20-18-16-14-12-10-8-2/h13-16,35H,7-12,17-34H2,1-6H3/q+1/b15-13-,16-14-/t35-,47?/m1/s1. The van der Waals surface area contributed by atoms with E-state index in [0.717, 1.165) is 77.0 Å². The minimum atomic E-state index is -3.87. The number of carbonyl (C=O) groups is 2. The molecule has 0 radical (unpaired) electrons. The van der Waals surface area contributed by atoms with Crippen LogP contribution in [0.15, 0.2) is 24.3 Å². The number of unbranched alkanes of at least 4 members (excludes halogenated alkanes) is 14. The van der Waals surface area contributed by atoms with Gasteiger partial charge in [0.05, 0.1) is 27.7 Å². The Kier molecular flexibility index (Phi) is 29.6. The highest BCUT2D eigenvalue weighted by molar-refractivity contribution is 7.48. The Morgan fingerprint density at radius 2 is 1.11 bits per heavy atom. The Labute approximate surface area is 288 Å². The van der Waals surface area contributed by atoms with Crippen LogP contribution in [-0.4, -0.2) is 77.1 Å². The van der Waals surface area contributed by atoms with Crippen LogP contribution in [0.2, 0.25) is 0 Å². The molecule has 0 saturated carbocycles. The Morgan fingerprint density at radius 3 is 1.60 bits per heavy atom. The van der Waals surface area contributed by atoms with Crippen molar-refractivity contribution < 1.29 is 41.7 Å². The number of phosphoric ester groups is 1. The summed E-state index contributed by atoms with van der Waals surface area (Å²) in [5.41, 5.74) is 0. The molecule has 1 unspecified atom stereocenters. The fourth-order valence-electron chi connectivity index (χ4n) is 4.60. The second-order valence-electron chi connectivity index (χ2n) is 13.4. The third-order valence-electron chi connectivity index (χ3n) is 7.67. The fraction of sp³-hybridized carbons (Fsp3) is 0.838. The zero-order valence-corrected chi connectivity index (χ0v) is 31.9. The largest absolute Gasteiger partial charge is 0.474 e. The van der Waals surface area contributed by atoms with E-state index in [1.807, 2.05) is 21.1 Å². The number of hydrogen-bond acceptors (Lipinski definition) is 8. The summed E-state index contributed by atoms with van der Waals surface area (Å²) < 4.78 is 40.6. The molecule has 0 aliphatic heterocycles. The summed E-state index contributed by atoms with van der Waals surface area (Å²) in [7, 11) is 3.36. The number of nitrogens with zero attached hydrogens (tertiary/aromatic N) is 1. The monoisotopic (exact) mass is 688 g/mol. The fourth-order valence-corrected chi connectivity index (χ4v) is 5.54. The van der Waals surface area contributed by atoms with Crippen LogP contribution in [-0.2, 0) is 37.2 Å². The predicted molar refractivity (Wildman–Crippen MR) is 192 cm³/mol. The molecule has 0 rings (SSSR count). The Hall–Kier alpha value is -1.51. The van der Waals surface area contributed by atoms with Gasteiger partial charge >= 0.3 is 19.8 Å². The molecule has 0 aromatic heterocycles. The van der Waals surface area contributed by atoms with Gasteiger partial charge < -0.3 is 14.0 Å². The molecule has 0 aromatic rings. The lowest BCUT2D eigenvalue weighted by Gasteiger charge is -2.25. The van der Waals surface area contributed by atoms with Gasteiger partial charge in [-0.1, -0.05) is 102 Å². The number of rotatable bonds is 33. The SMILES string of the molecule is CCCC/C=C\CCCCCCCC(=O)OC[C@H](COP(=O)(OC)OCC[N+](C)(C)C)OC(=O)CCCCCCC/C=C\CCCC. The number of allylic oxidation sites excluding steroid dienone is 4. The second kappa shape index (κ2) is 30.5. The third-order valence-corrected chi connectivity index (χ3v) is 9.08. The number of esters is 2. The quantitative estimate of drug-likeness (QED) is 0.0221. The molecule has 10 heteroatoms. The normalized spacial score (nSPS) is 14.1. The number of carbonyl (C=O) groups excluding carboxylic acids is 2. The summed E-state index contributed by atoms with van der Waals surface area (Å²) in [6.45, 7) is 4.72. The van der Waals surface area contributed by atoms with Crippen molar-refractivity contribution in [3.05, 3.63) is 24.3 Å². The molecular formula is C37H71NO8P+. The molecule has 0 saturated heterocycles. The number of hydrogen-bond donors (Lipinski definition) is 0. The van der Waals surface area contributed by atoms with Gasteiger partial charge in [-0.25, -0.2) is 4.57 Å². The van der Waals surface area contributed by atoms with E-state index in [4.69, 9.17) is 23.0 Å². The van der Waals surface area contributed by atoms with E-state index in [1.54, 1.807) is 0 Å². The molecule has 0 amide bonds. The first-order valence-electron chi connectivity index (χ1n) is 18.5. The van der Waals surface area contributed by atoms with Gasteiger partial charge in [0.25, 0.3) is 0 Å². The van der Waals surface area contributed by atoms with Crippen LogP contribution in [0.3, 0.4) is 0 Å². The maximum Gasteiger partial charge on any atom is 0.474 e. The van der Waals surface area contributed by atoms with Crippen LogP contribution >= 0.6 is 7.82 Å². The van der Waals surface area contributed by atoms with Gasteiger partial charge in [0.15, 0.2) is 6.10 Å². The van der Waals surface area contributed by atoms with Gasteiger partial charge in [0.2, 0.25) is 0 Å². The Morgan fingerprint density at radius 1 is 0.638 bits per heavy atom. The van der Waals surface area contributed by atoms with Gasteiger partial charge in [-0.15, -0.1) is 0 Å². The summed E-state index contributed by atoms with van der Waals surface area (Å²) in [4.78, 5) is 25.1. The highest BCUT2D eigenvalue weighted by atomic mass is 31.2. The molecule has 2 atom stereocenters. The lowest BCUT2D eigenvalue weighted by molar-refractivity contribution is -0.870. The van der Waals surface area contributed by atoms with Crippen LogP contribution in [0.25, 0.3) is 0 Å². The molecule has 0 aromatic carbocycles. The van der Waals surface area contributed by atoms with Crippen molar-refractivity contribution in [3.63, 3.8) is 0 Å². The minimum absolute atomic E-state index is 0.166. The number of quaternary nitrogens is 1. The first kappa shape index (κ1) is 45.5. The van der Waals surface area contributed by atoms with Crippen molar-refractivity contribution >= 4 is 19.8 Å². The van der Waals surface area contributed by atoms with Crippen molar-refractivity contribution in [2.24, 2.45) is 0 Å². The molecule has 47 heavy (non-hydrogen) atoms. The lowest BCUT2D eigenvalue weighted by atomic mass is 10.1. The number of phosphoric acid groups is 1. The van der Waals surface area contributed by atoms with Crippen LogP contribution in [0.5, 0.6) is 0 Å². The average molecular weight is 689 g/mol. The summed E-state index contributed by atoms with van der Waals surface area (Å²) >= 11 is 0. The molecule has 0 N–H and O–H groups in total. The van der Waals surface area contributed by atoms with E-state index >= 15 is 0 Å². The van der Waals surface area contributed by atoms with Gasteiger partial charge in [0.1, 0.15) is 19.8 Å². The van der Waals surface area contributed by atoms with Crippen LogP contribution < -0.4 is 0 Å². The topological polar surface area (TPSA) is 97.4 Å². The molecule has 0 aliphatic carbocycles. The van der Waals surface area contributed by atoms with E-state index in [2.05, 4.69) is 38.2 Å². The highest BCUT2D eigenvalue weighted by Crippen LogP contribution is 2.48. The molecule has 0 aliphatic rings. The maximum absolute atomic E-state index is 13.0. The van der Waals surface area contributed by atoms with Gasteiger partial charge in [-0.05, 0) is 51.4 Å². The molecule has 9 nitrogen and oxygen atoms in total. The van der Waals surface area contributed by atoms with Crippen LogP contribution in [0, 0.1) is 0 Å². The smallest absolute Gasteiger partial charge is 0.462 e. The van der Waals surface area contributed by atoms with E-state index in [9.17, 15) is 14.2 Å². The van der Waals surface area contributed by atoms with Crippen molar-refractivity contribution in [1.82, 2.24) is 0 Å². The summed E-state index contributed by atoms with van der Waals surface area (Å²) in [5, 5.41) is 0. The van der Waals surface area contributed by atoms with E-state index in [-0.39, 0.29) is 32.2 Å². The zero-order valence-electron chi connectivity index (χ0n) is 31.0. The molecule has 0 heterocycles. The average Bonchev–Trinajstić information content (AvgIpc) is 3.03. The molecule has 0 spiro atoms. The van der Waals surface area contributed by atoms with E-state index in [1.165, 1.54) is 45.6 Å². The summed E-state index contributed by atoms with van der Waals surface area (Å²) in [6, 6.07) is 0. The van der Waals surface area contributed by atoms with E-state index < -0.39 is 19.9 Å². The predicted octanol–water partition coefficient (Wildman–Crippen LogP) is 9.89. The maximum atomic E-state index is 13.0. The second-order valence-corrected chi connectivity index (χ2v) is 15.2. The first-order valence-corrected chi connectivity index (χ1v) is 19.9. The highest BCUT2D eigenvalue weighted by Gasteiger charge is 2.29. The molecular weight excluding hydrogens is 617 g/mol. The number of ether oxygens (including phenoxy) is 2. The van der Waals surface area contributed by atoms with Crippen LogP contribution in [0.4, 0.5) is 0 Å². The van der Waals surface area contributed by atoms with Gasteiger partial charge in [-0.3, -0.25) is 23.2 Å². The first-order chi connectivity index (χ1) is 22.5. The minimum Gasteiger partial charge on any atom is -0.462 e. The van der Waals surface area contributed by atoms with Gasteiger partial charge in [0, 0.05) is 20.0 Å². The number of likely N-dealkylation sites (N-methyl/N-ethyl adjacent to an activating group) is 1. The zero-order chi connectivity index (χ0) is 35.1. The molecule has 276 valence electrons. The van der Waals surface area contributed by atoms with E-state index in [0.29, 0.717) is 17.4 Å². The van der Waals surface area contributed by atoms with Crippen LogP contribution in [0.1, 0.15) is 142 Å². The van der Waals surface area contributed by atoms with Gasteiger partial charge in [-0.2, -0.15) is 0 Å². The third kappa shape index (κ3) is 31.5.